The first-order valence-corrected chi connectivity index (χ1v) is 22.1. The van der Waals surface area contributed by atoms with E-state index in [1.807, 2.05) is 0 Å². The summed E-state index contributed by atoms with van der Waals surface area (Å²) in [4.78, 5) is 48.9. The second-order valence-electron chi connectivity index (χ2n) is 16.4. The molecular weight excluding hydrogens is 802 g/mol. The molecule has 2 saturated heterocycles. The van der Waals surface area contributed by atoms with Gasteiger partial charge in [-0.1, -0.05) is 95.6 Å². The number of hydrogen-bond acceptors (Lipinski definition) is 15. The van der Waals surface area contributed by atoms with Crippen molar-refractivity contribution in [2.24, 2.45) is 0 Å². The fourth-order valence-electron chi connectivity index (χ4n) is 7.87. The Morgan fingerprint density at radius 1 is 0.672 bits per heavy atom. The van der Waals surface area contributed by atoms with E-state index in [0.717, 1.165) is 81.9 Å². The average molecular weight is 874 g/mol. The van der Waals surface area contributed by atoms with Gasteiger partial charge in [-0.2, -0.15) is 0 Å². The predicted octanol–water partition coefficient (Wildman–Crippen LogP) is 2.77. The third-order valence-corrected chi connectivity index (χ3v) is 11.6. The number of ketones is 1. The van der Waals surface area contributed by atoms with Gasteiger partial charge in [0, 0.05) is 20.1 Å². The predicted molar refractivity (Wildman–Crippen MR) is 218 cm³/mol. The molecule has 3 aliphatic rings. The molecule has 61 heavy (non-hydrogen) atoms. The van der Waals surface area contributed by atoms with Gasteiger partial charge in [-0.15, -0.1) is 0 Å². The van der Waals surface area contributed by atoms with Crippen LogP contribution in [0.25, 0.3) is 0 Å². The Balaban J connectivity index is 1.11. The summed E-state index contributed by atoms with van der Waals surface area (Å²) in [6.07, 6.45) is 7.25. The summed E-state index contributed by atoms with van der Waals surface area (Å²) in [5.74, 6) is -4.14. The molecule has 0 aliphatic carbocycles. The van der Waals surface area contributed by atoms with E-state index in [1.165, 1.54) is 39.2 Å². The molecule has 18 heteroatoms. The van der Waals surface area contributed by atoms with Crippen molar-refractivity contribution in [3.8, 4) is 0 Å². The molecule has 350 valence electrons. The minimum absolute atomic E-state index is 0.164. The first-order chi connectivity index (χ1) is 29.2. The molecule has 2 fully saturated rings. The van der Waals surface area contributed by atoms with Crippen LogP contribution in [0.1, 0.15) is 135 Å². The van der Waals surface area contributed by atoms with E-state index in [4.69, 9.17) is 24.1 Å². The highest BCUT2D eigenvalue weighted by Crippen LogP contribution is 2.31. The third kappa shape index (κ3) is 16.6. The quantitative estimate of drug-likeness (QED) is 0.0275. The highest BCUT2D eigenvalue weighted by atomic mass is 16.7. The number of carbonyl (C=O) groups is 4. The lowest BCUT2D eigenvalue weighted by atomic mass is 9.97. The molecule has 0 spiro atoms. The van der Waals surface area contributed by atoms with E-state index in [1.54, 1.807) is 0 Å². The number of amides is 1. The van der Waals surface area contributed by atoms with Crippen molar-refractivity contribution in [1.29, 1.82) is 0 Å². The maximum Gasteiger partial charge on any atom is 0.335 e. The second-order valence-corrected chi connectivity index (χ2v) is 16.4. The van der Waals surface area contributed by atoms with Crippen LogP contribution >= 0.6 is 0 Å². The number of Topliss-reactive ketones (excluding diaryl/α,β-unsaturated/α-hetero) is 1. The fraction of sp³-hybridized carbons (Fsp3) is 0.814. The number of ether oxygens (including phenoxy) is 4. The highest BCUT2D eigenvalue weighted by Gasteiger charge is 2.53. The van der Waals surface area contributed by atoms with Gasteiger partial charge < -0.3 is 69.8 Å². The number of aliphatic hydroxyl groups excluding tert-OH is 7. The van der Waals surface area contributed by atoms with Crippen molar-refractivity contribution in [3.63, 3.8) is 0 Å². The molecule has 3 heterocycles. The van der Waals surface area contributed by atoms with Crippen molar-refractivity contribution in [1.82, 2.24) is 4.90 Å². The van der Waals surface area contributed by atoms with Crippen LogP contribution in [0.4, 0.5) is 0 Å². The number of carbonyl (C=O) groups excluding carboxylic acids is 2. The van der Waals surface area contributed by atoms with Crippen LogP contribution in [0.5, 0.6) is 0 Å². The van der Waals surface area contributed by atoms with E-state index < -0.39 is 110 Å². The topological polar surface area (TPSA) is 291 Å². The number of likely N-dealkylation sites (N-methyl/N-ethyl adjacent to an activating group) is 1. The van der Waals surface area contributed by atoms with Gasteiger partial charge in [0.2, 0.25) is 0 Å². The van der Waals surface area contributed by atoms with Crippen LogP contribution in [0.3, 0.4) is 0 Å². The van der Waals surface area contributed by atoms with Gasteiger partial charge in [0.05, 0.1) is 13.0 Å². The monoisotopic (exact) mass is 873 g/mol. The number of carboxylic acid groups (broad SMARTS) is 2. The zero-order chi connectivity index (χ0) is 44.9. The van der Waals surface area contributed by atoms with Crippen molar-refractivity contribution < 1.29 is 84.1 Å². The minimum Gasteiger partial charge on any atom is -0.509 e. The maximum absolute atomic E-state index is 12.5. The lowest BCUT2D eigenvalue weighted by Crippen LogP contribution is -2.65. The molecule has 0 radical (unpaired) electrons. The molecule has 11 unspecified atom stereocenters. The Morgan fingerprint density at radius 3 is 1.70 bits per heavy atom. The van der Waals surface area contributed by atoms with Crippen LogP contribution < -0.4 is 0 Å². The molecule has 0 aromatic carbocycles. The lowest BCUT2D eigenvalue weighted by molar-refractivity contribution is -0.354. The molecule has 0 saturated carbocycles. The Labute approximate surface area is 358 Å². The normalized spacial score (nSPS) is 29.5. The van der Waals surface area contributed by atoms with Crippen LogP contribution in [0.2, 0.25) is 0 Å². The summed E-state index contributed by atoms with van der Waals surface area (Å²) in [5, 5.41) is 89.9. The van der Waals surface area contributed by atoms with E-state index >= 15 is 0 Å². The van der Waals surface area contributed by atoms with Gasteiger partial charge in [-0.05, 0) is 38.5 Å². The van der Waals surface area contributed by atoms with E-state index in [0.29, 0.717) is 12.8 Å². The van der Waals surface area contributed by atoms with E-state index in [-0.39, 0.29) is 18.6 Å². The minimum atomic E-state index is -1.84. The van der Waals surface area contributed by atoms with Crippen molar-refractivity contribution in [2.75, 3.05) is 20.3 Å². The maximum atomic E-state index is 12.5. The number of aliphatic hydroxyl groups is 7. The molecular formula is C43H71NO17. The van der Waals surface area contributed by atoms with Crippen molar-refractivity contribution in [3.05, 3.63) is 23.5 Å². The number of allylic oxidation sites excluding steroid dienone is 2. The van der Waals surface area contributed by atoms with Crippen LogP contribution in [0, 0.1) is 0 Å². The van der Waals surface area contributed by atoms with Crippen LogP contribution in [-0.2, 0) is 38.1 Å². The summed E-state index contributed by atoms with van der Waals surface area (Å²) in [5.41, 5.74) is -0.263. The van der Waals surface area contributed by atoms with Crippen LogP contribution in [0.15, 0.2) is 23.5 Å². The number of carboxylic acids is 2. The smallest absolute Gasteiger partial charge is 0.335 e. The lowest BCUT2D eigenvalue weighted by Gasteiger charge is -2.45. The third-order valence-electron chi connectivity index (χ3n) is 11.6. The molecule has 18 nitrogen and oxygen atoms in total. The number of hydrogen-bond donors (Lipinski definition) is 9. The standard InChI is InChI=1S/C43H71NO17/c1-44-27(25-30(47)48)32(49)31(40(44)55)28(46)23-21-19-17-15-13-11-9-7-5-3-2-4-6-8-10-12-14-16-18-20-22-24-58-42-37(54)35(52)38(39(61-42)41(56)57)60-43-36(53)34(51)33(50)29(26-45)59-43/h2,4,27,29,33-39,42-43,45,49-54H,3,5-26H2,1H3,(H,47,48)(H,56,57). The number of aliphatic carboxylic acids is 2. The second kappa shape index (κ2) is 27.9. The van der Waals surface area contributed by atoms with Gasteiger partial charge >= 0.3 is 11.9 Å². The first kappa shape index (κ1) is 52.3. The molecule has 11 atom stereocenters. The molecule has 0 aromatic rings. The van der Waals surface area contributed by atoms with E-state index in [9.17, 15) is 60.0 Å². The summed E-state index contributed by atoms with van der Waals surface area (Å²) >= 11 is 0. The molecule has 3 rings (SSSR count). The Kier molecular flexibility index (Phi) is 23.9. The number of unbranched alkanes of at least 4 members (excludes halogenated alkanes) is 17. The van der Waals surface area contributed by atoms with Crippen LogP contribution in [-0.4, -0.2) is 162 Å². The Morgan fingerprint density at radius 2 is 1.18 bits per heavy atom. The zero-order valence-corrected chi connectivity index (χ0v) is 35.5. The molecule has 0 aromatic heterocycles. The average Bonchev–Trinajstić information content (AvgIpc) is 3.43. The summed E-state index contributed by atoms with van der Waals surface area (Å²) in [7, 11) is 1.39. The molecule has 0 bridgehead atoms. The van der Waals surface area contributed by atoms with Gasteiger partial charge in [-0.25, -0.2) is 4.79 Å². The summed E-state index contributed by atoms with van der Waals surface area (Å²) in [6, 6.07) is -0.986. The zero-order valence-electron chi connectivity index (χ0n) is 35.5. The largest absolute Gasteiger partial charge is 0.509 e. The Hall–Kier alpha value is -3.04. The molecule has 1 amide bonds. The number of rotatable bonds is 31. The van der Waals surface area contributed by atoms with E-state index in [2.05, 4.69) is 12.2 Å². The first-order valence-electron chi connectivity index (χ1n) is 22.1. The summed E-state index contributed by atoms with van der Waals surface area (Å²) < 4.78 is 21.7. The highest BCUT2D eigenvalue weighted by molar-refractivity contribution is 6.21. The van der Waals surface area contributed by atoms with Crippen molar-refractivity contribution in [2.45, 2.75) is 202 Å². The number of nitrogens with zero attached hydrogens (tertiary/aromatic N) is 1. The fourth-order valence-corrected chi connectivity index (χ4v) is 7.87. The van der Waals surface area contributed by atoms with Gasteiger partial charge in [0.15, 0.2) is 24.5 Å². The molecule has 9 N–H and O–H groups in total. The van der Waals surface area contributed by atoms with Gasteiger partial charge in [0.25, 0.3) is 5.91 Å². The van der Waals surface area contributed by atoms with Crippen molar-refractivity contribution >= 4 is 23.6 Å². The Bertz CT molecular complexity index is 1410. The van der Waals surface area contributed by atoms with Gasteiger partial charge in [0.1, 0.15) is 60.1 Å². The summed E-state index contributed by atoms with van der Waals surface area (Å²) in [6.45, 7) is -0.571. The van der Waals surface area contributed by atoms with Gasteiger partial charge in [-0.3, -0.25) is 14.4 Å². The SMILES string of the molecule is CN1C(=O)C(C(=O)CCCCCCCCCCCC=CCCCCCCCCCCOC2OC(C(=O)O)C(OC3OC(CO)C(O)C(O)C3O)C(O)C2O)=C(O)C1CC(=O)O. The molecule has 3 aliphatic heterocycles.